The minimum Gasteiger partial charge on any atom is -0.461 e. The lowest BCUT2D eigenvalue weighted by molar-refractivity contribution is -0.135. The smallest absolute Gasteiger partial charge is 0.362 e. The first-order valence-corrected chi connectivity index (χ1v) is 3.52. The summed E-state index contributed by atoms with van der Waals surface area (Å²) < 4.78 is 14.6. The van der Waals surface area contributed by atoms with E-state index >= 15 is 0 Å². The highest BCUT2D eigenvalue weighted by atomic mass is 32.1. The molecule has 0 amide bonds. The third kappa shape index (κ3) is 2.75. The molecule has 5 heteroatoms. The van der Waals surface area contributed by atoms with Crippen LogP contribution in [0.25, 0.3) is 0 Å². The molecule has 0 bridgehead atoms. The fraction of sp³-hybridized carbons (Fsp3) is 0.600. The number of hydrogen-bond acceptors (Lipinski definition) is 3. The molecule has 0 aliphatic carbocycles. The van der Waals surface area contributed by atoms with Crippen molar-refractivity contribution in [3.8, 4) is 0 Å². The Bertz CT molecular complexity index is 174. The second-order valence-corrected chi connectivity index (χ2v) is 1.96. The van der Waals surface area contributed by atoms with E-state index in [4.69, 9.17) is 0 Å². The molecule has 0 fully saturated rings. The summed E-state index contributed by atoms with van der Waals surface area (Å²) in [5, 5.41) is 2.43. The highest BCUT2D eigenvalue weighted by Crippen LogP contribution is 1.76. The first kappa shape index (κ1) is 9.32. The third-order valence-corrected chi connectivity index (χ3v) is 1.31. The summed E-state index contributed by atoms with van der Waals surface area (Å²) in [5.74, 6) is -0.593. The van der Waals surface area contributed by atoms with Gasteiger partial charge in [0.2, 0.25) is 0 Å². The highest BCUT2D eigenvalue weighted by Gasteiger charge is 2.07. The predicted octanol–water partition coefficient (Wildman–Crippen LogP) is -0.888. The summed E-state index contributed by atoms with van der Waals surface area (Å²) in [4.78, 5) is 10.7. The van der Waals surface area contributed by atoms with Crippen LogP contribution >= 0.6 is 0 Å². The number of ether oxygens (including phenoxy) is 1. The van der Waals surface area contributed by atoms with Gasteiger partial charge in [0.25, 0.3) is 0 Å². The molecule has 0 aliphatic heterocycles. The van der Waals surface area contributed by atoms with Crippen molar-refractivity contribution in [3.05, 3.63) is 0 Å². The lowest BCUT2D eigenvalue weighted by atomic mass is 10.6. The molecule has 0 heterocycles. The van der Waals surface area contributed by atoms with Gasteiger partial charge in [0.1, 0.15) is 11.3 Å². The van der Waals surface area contributed by atoms with Crippen LogP contribution < -0.4 is 5.32 Å². The van der Waals surface area contributed by atoms with Crippen LogP contribution in [0.3, 0.4) is 0 Å². The van der Waals surface area contributed by atoms with Crippen LogP contribution in [0.2, 0.25) is 0 Å². The molecule has 0 atom stereocenters. The normalized spacial score (nSPS) is 8.60. The molecular weight excluding hydrogens is 154 g/mol. The first-order valence-electron chi connectivity index (χ1n) is 2.77. The molecule has 0 aliphatic rings. The van der Waals surface area contributed by atoms with Crippen LogP contribution in [0.1, 0.15) is 6.92 Å². The fourth-order valence-electron chi connectivity index (χ4n) is 0.374. The van der Waals surface area contributed by atoms with Crippen molar-refractivity contribution < 1.29 is 13.7 Å². The minimum absolute atomic E-state index is 0.0122. The van der Waals surface area contributed by atoms with Crippen molar-refractivity contribution in [1.82, 2.24) is 5.32 Å². The second kappa shape index (κ2) is 5.13. The lowest BCUT2D eigenvalue weighted by Crippen LogP contribution is -2.29. The zero-order valence-electron chi connectivity index (χ0n) is 5.84. The Morgan fingerprint density at radius 3 is 2.60 bits per heavy atom. The van der Waals surface area contributed by atoms with Crippen LogP contribution in [-0.2, 0) is 20.8 Å². The monoisotopic (exact) mass is 163 g/mol. The maximum absolute atomic E-state index is 10.7. The number of esters is 1. The van der Waals surface area contributed by atoms with Gasteiger partial charge in [-0.2, -0.15) is 0 Å². The Balaban J connectivity index is 4.04. The maximum Gasteiger partial charge on any atom is 0.362 e. The molecule has 0 saturated heterocycles. The summed E-state index contributed by atoms with van der Waals surface area (Å²) in [6.07, 6.45) is 0. The molecule has 0 spiro atoms. The first-order chi connectivity index (χ1) is 4.76. The molecule has 0 aromatic rings. The summed E-state index contributed by atoms with van der Waals surface area (Å²) in [6, 6.07) is 0. The van der Waals surface area contributed by atoms with E-state index in [0.29, 0.717) is 0 Å². The number of carbonyl (C=O) groups excluding carboxylic acids is 1. The van der Waals surface area contributed by atoms with Gasteiger partial charge in [-0.1, -0.05) is 0 Å². The van der Waals surface area contributed by atoms with Crippen molar-refractivity contribution >= 4 is 22.2 Å². The van der Waals surface area contributed by atoms with Crippen molar-refractivity contribution in [2.45, 2.75) is 6.92 Å². The standard InChI is InChI=1S/C5H9NO3S/c1-3-9-5(7)4(6-2)10-8/h6H,3H2,1-2H3. The topological polar surface area (TPSA) is 55.4 Å². The van der Waals surface area contributed by atoms with Crippen molar-refractivity contribution in [2.24, 2.45) is 0 Å². The lowest BCUT2D eigenvalue weighted by Gasteiger charge is -1.98. The van der Waals surface area contributed by atoms with E-state index in [1.165, 1.54) is 7.05 Å². The molecule has 0 radical (unpaired) electrons. The van der Waals surface area contributed by atoms with Gasteiger partial charge in [-0.05, 0) is 14.0 Å². The van der Waals surface area contributed by atoms with E-state index in [1.54, 1.807) is 6.92 Å². The molecule has 0 rings (SSSR count). The molecule has 0 aromatic heterocycles. The summed E-state index contributed by atoms with van der Waals surface area (Å²) in [6.45, 7) is 1.96. The number of rotatable bonds is 1. The highest BCUT2D eigenvalue weighted by molar-refractivity contribution is 7.68. The zero-order chi connectivity index (χ0) is 7.98. The Morgan fingerprint density at radius 2 is 2.30 bits per heavy atom. The van der Waals surface area contributed by atoms with Crippen molar-refractivity contribution in [2.75, 3.05) is 13.7 Å². The summed E-state index contributed by atoms with van der Waals surface area (Å²) in [5.41, 5.74) is 0. The Kier molecular flexibility index (Phi) is 4.78. The van der Waals surface area contributed by atoms with Crippen LogP contribution in [0.4, 0.5) is 0 Å². The van der Waals surface area contributed by atoms with E-state index in [2.05, 4.69) is 10.1 Å². The van der Waals surface area contributed by atoms with Gasteiger partial charge in [0, 0.05) is 0 Å². The molecule has 0 aromatic carbocycles. The van der Waals surface area contributed by atoms with Gasteiger partial charge in [0.05, 0.1) is 6.61 Å². The molecule has 1 N–H and O–H groups in total. The molecule has 0 saturated carbocycles. The van der Waals surface area contributed by atoms with E-state index in [-0.39, 0.29) is 22.9 Å². The van der Waals surface area contributed by atoms with Gasteiger partial charge in [-0.15, -0.1) is 0 Å². The fourth-order valence-corrected chi connectivity index (χ4v) is 0.585. The average molecular weight is 163 g/mol. The van der Waals surface area contributed by atoms with Crippen molar-refractivity contribution in [1.29, 1.82) is 0 Å². The van der Waals surface area contributed by atoms with Crippen LogP contribution in [0, 0.1) is 0 Å². The maximum atomic E-state index is 10.7. The zero-order valence-corrected chi connectivity index (χ0v) is 6.66. The molecule has 10 heavy (non-hydrogen) atoms. The summed E-state index contributed by atoms with van der Waals surface area (Å²) >= 11 is 0.0990. The second-order valence-electron chi connectivity index (χ2n) is 1.38. The van der Waals surface area contributed by atoms with E-state index < -0.39 is 5.97 Å². The van der Waals surface area contributed by atoms with Gasteiger partial charge in [-0.25, -0.2) is 9.00 Å². The Labute approximate surface area is 62.6 Å². The Morgan fingerprint density at radius 1 is 1.70 bits per heavy atom. The number of carbonyl (C=O) groups is 1. The van der Waals surface area contributed by atoms with Gasteiger partial charge in [0.15, 0.2) is 4.99 Å². The van der Waals surface area contributed by atoms with E-state index in [0.717, 1.165) is 0 Å². The molecule has 58 valence electrons. The molecular formula is C5H9NO3S. The predicted molar refractivity (Wildman–Crippen MR) is 38.8 cm³/mol. The number of nitrogens with one attached hydrogen (secondary N) is 1. The third-order valence-electron chi connectivity index (χ3n) is 0.771. The van der Waals surface area contributed by atoms with Gasteiger partial charge < -0.3 is 4.74 Å². The van der Waals surface area contributed by atoms with Gasteiger partial charge in [-0.3, -0.25) is 5.32 Å². The molecule has 4 nitrogen and oxygen atoms in total. The number of likely N-dealkylation sites (N-methyl/N-ethyl adjacent to an activating group) is 1. The van der Waals surface area contributed by atoms with Crippen LogP contribution in [0.5, 0.6) is 0 Å². The quantitative estimate of drug-likeness (QED) is 0.402. The van der Waals surface area contributed by atoms with Crippen molar-refractivity contribution in [3.63, 3.8) is 0 Å². The largest absolute Gasteiger partial charge is 0.461 e. The SMILES string of the molecule is CCOC(=O)C(NC)=S=O. The molecule has 0 unspecified atom stereocenters. The number of hydrogen-bond donors (Lipinski definition) is 1. The van der Waals surface area contributed by atoms with E-state index in [9.17, 15) is 9.00 Å². The van der Waals surface area contributed by atoms with Gasteiger partial charge >= 0.3 is 5.97 Å². The van der Waals surface area contributed by atoms with Crippen LogP contribution in [-0.4, -0.2) is 28.8 Å². The average Bonchev–Trinajstić information content (AvgIpc) is 1.91. The minimum atomic E-state index is -0.593. The Hall–Kier alpha value is -0.680. The summed E-state index contributed by atoms with van der Waals surface area (Å²) in [7, 11) is 1.50. The van der Waals surface area contributed by atoms with E-state index in [1.807, 2.05) is 0 Å². The van der Waals surface area contributed by atoms with Crippen LogP contribution in [0.15, 0.2) is 0 Å².